The molecule has 1 aliphatic heterocycles. The Kier molecular flexibility index (Phi) is 2.43. The van der Waals surface area contributed by atoms with Crippen molar-refractivity contribution in [3.8, 4) is 0 Å². The summed E-state index contributed by atoms with van der Waals surface area (Å²) in [5, 5.41) is 3.05. The molecule has 1 N–H and O–H groups in total. The molecule has 0 radical (unpaired) electrons. The molecular formula is C13H15BrN2O. The zero-order chi connectivity index (χ0) is 12.0. The van der Waals surface area contributed by atoms with Gasteiger partial charge in [0.05, 0.1) is 11.4 Å². The van der Waals surface area contributed by atoms with Gasteiger partial charge in [-0.2, -0.15) is 0 Å². The molecule has 0 atom stereocenters. The standard InChI is InChI=1S/C13H15BrN2O/c1-2-16-11-5-4-9(14)8-10(11)15-12(17)13(16)6-3-7-13/h4-5,8H,2-3,6-7H2,1H3,(H,15,17). The highest BCUT2D eigenvalue weighted by atomic mass is 79.9. The number of nitrogens with zero attached hydrogens (tertiary/aromatic N) is 1. The maximum Gasteiger partial charge on any atom is 0.250 e. The second-order valence-electron chi connectivity index (χ2n) is 4.74. The Bertz CT molecular complexity index is 482. The lowest BCUT2D eigenvalue weighted by Crippen LogP contribution is -2.63. The predicted molar refractivity (Wildman–Crippen MR) is 72.4 cm³/mol. The third kappa shape index (κ3) is 1.43. The first-order valence-electron chi connectivity index (χ1n) is 6.06. The van der Waals surface area contributed by atoms with Gasteiger partial charge in [-0.25, -0.2) is 0 Å². The van der Waals surface area contributed by atoms with Crippen LogP contribution in [0.15, 0.2) is 22.7 Å². The maximum absolute atomic E-state index is 12.3. The molecule has 0 unspecified atom stereocenters. The van der Waals surface area contributed by atoms with Crippen LogP contribution in [-0.2, 0) is 4.79 Å². The minimum atomic E-state index is -0.268. The third-order valence-electron chi connectivity index (χ3n) is 3.93. The first kappa shape index (κ1) is 11.1. The van der Waals surface area contributed by atoms with Crippen molar-refractivity contribution in [1.29, 1.82) is 0 Å². The van der Waals surface area contributed by atoms with Crippen molar-refractivity contribution in [3.05, 3.63) is 22.7 Å². The first-order chi connectivity index (χ1) is 8.17. The van der Waals surface area contributed by atoms with Crippen LogP contribution in [0.25, 0.3) is 0 Å². The van der Waals surface area contributed by atoms with Gasteiger partial charge in [0.25, 0.3) is 0 Å². The summed E-state index contributed by atoms with van der Waals surface area (Å²) in [5.41, 5.74) is 1.80. The summed E-state index contributed by atoms with van der Waals surface area (Å²) < 4.78 is 0.997. The largest absolute Gasteiger partial charge is 0.356 e. The highest BCUT2D eigenvalue weighted by Gasteiger charge is 2.51. The Morgan fingerprint density at radius 3 is 2.82 bits per heavy atom. The molecule has 1 aliphatic carbocycles. The fourth-order valence-electron chi connectivity index (χ4n) is 2.92. The fraction of sp³-hybridized carbons (Fsp3) is 0.462. The molecule has 0 saturated heterocycles. The zero-order valence-electron chi connectivity index (χ0n) is 9.79. The average Bonchev–Trinajstić information content (AvgIpc) is 2.24. The number of rotatable bonds is 1. The van der Waals surface area contributed by atoms with Crippen molar-refractivity contribution in [1.82, 2.24) is 0 Å². The molecule has 1 aromatic rings. The Labute approximate surface area is 109 Å². The van der Waals surface area contributed by atoms with Crippen molar-refractivity contribution in [3.63, 3.8) is 0 Å². The van der Waals surface area contributed by atoms with Gasteiger partial charge < -0.3 is 10.2 Å². The molecule has 4 heteroatoms. The van der Waals surface area contributed by atoms with Crippen LogP contribution >= 0.6 is 15.9 Å². The topological polar surface area (TPSA) is 32.3 Å². The van der Waals surface area contributed by atoms with Crippen LogP contribution in [0.4, 0.5) is 11.4 Å². The van der Waals surface area contributed by atoms with E-state index in [9.17, 15) is 4.79 Å². The van der Waals surface area contributed by atoms with Gasteiger partial charge in [0.15, 0.2) is 0 Å². The number of amides is 1. The normalized spacial score (nSPS) is 20.8. The maximum atomic E-state index is 12.3. The van der Waals surface area contributed by atoms with E-state index < -0.39 is 0 Å². The first-order valence-corrected chi connectivity index (χ1v) is 6.85. The quantitative estimate of drug-likeness (QED) is 0.863. The Morgan fingerprint density at radius 1 is 1.47 bits per heavy atom. The van der Waals surface area contributed by atoms with E-state index in [-0.39, 0.29) is 11.4 Å². The van der Waals surface area contributed by atoms with Gasteiger partial charge in [-0.3, -0.25) is 4.79 Å². The fourth-order valence-corrected chi connectivity index (χ4v) is 3.28. The van der Waals surface area contributed by atoms with Gasteiger partial charge in [-0.15, -0.1) is 0 Å². The number of halogens is 1. The Balaban J connectivity index is 2.11. The number of hydrogen-bond donors (Lipinski definition) is 1. The van der Waals surface area contributed by atoms with Gasteiger partial charge in [-0.1, -0.05) is 15.9 Å². The summed E-state index contributed by atoms with van der Waals surface area (Å²) in [4.78, 5) is 14.5. The lowest BCUT2D eigenvalue weighted by molar-refractivity contribution is -0.124. The summed E-state index contributed by atoms with van der Waals surface area (Å²) >= 11 is 3.44. The Hall–Kier alpha value is -1.03. The van der Waals surface area contributed by atoms with E-state index in [1.807, 2.05) is 12.1 Å². The van der Waals surface area contributed by atoms with Crippen molar-refractivity contribution >= 4 is 33.2 Å². The molecule has 1 saturated carbocycles. The Morgan fingerprint density at radius 2 is 2.24 bits per heavy atom. The van der Waals surface area contributed by atoms with Crippen molar-refractivity contribution in [2.75, 3.05) is 16.8 Å². The molecule has 90 valence electrons. The number of carbonyl (C=O) groups excluding carboxylic acids is 1. The average molecular weight is 295 g/mol. The minimum absolute atomic E-state index is 0.163. The minimum Gasteiger partial charge on any atom is -0.356 e. The van der Waals surface area contributed by atoms with Gasteiger partial charge in [0, 0.05) is 11.0 Å². The van der Waals surface area contributed by atoms with Crippen LogP contribution in [0.5, 0.6) is 0 Å². The van der Waals surface area contributed by atoms with Crippen LogP contribution in [0, 0.1) is 0 Å². The van der Waals surface area contributed by atoms with Crippen LogP contribution < -0.4 is 10.2 Å². The lowest BCUT2D eigenvalue weighted by atomic mass is 9.73. The number of hydrogen-bond acceptors (Lipinski definition) is 2. The number of fused-ring (bicyclic) bond motifs is 1. The van der Waals surface area contributed by atoms with E-state index in [1.54, 1.807) is 0 Å². The van der Waals surface area contributed by atoms with E-state index in [2.05, 4.69) is 39.1 Å². The summed E-state index contributed by atoms with van der Waals surface area (Å²) in [6.45, 7) is 2.99. The van der Waals surface area contributed by atoms with Gasteiger partial charge >= 0.3 is 0 Å². The van der Waals surface area contributed by atoms with Crippen molar-refractivity contribution < 1.29 is 4.79 Å². The van der Waals surface area contributed by atoms with Gasteiger partial charge in [0.1, 0.15) is 5.54 Å². The number of likely N-dealkylation sites (N-methyl/N-ethyl adjacent to an activating group) is 1. The number of nitrogens with one attached hydrogen (secondary N) is 1. The van der Waals surface area contributed by atoms with Crippen molar-refractivity contribution in [2.45, 2.75) is 31.7 Å². The SMILES string of the molecule is CCN1c2ccc(Br)cc2NC(=O)C12CCC2. The highest BCUT2D eigenvalue weighted by Crippen LogP contribution is 2.47. The summed E-state index contributed by atoms with van der Waals surface area (Å²) in [7, 11) is 0. The molecule has 17 heavy (non-hydrogen) atoms. The van der Waals surface area contributed by atoms with Crippen LogP contribution in [-0.4, -0.2) is 18.0 Å². The number of anilines is 2. The smallest absolute Gasteiger partial charge is 0.250 e. The molecule has 0 aromatic heterocycles. The van der Waals surface area contributed by atoms with E-state index in [0.717, 1.165) is 41.7 Å². The van der Waals surface area contributed by atoms with E-state index >= 15 is 0 Å². The molecule has 0 bridgehead atoms. The predicted octanol–water partition coefficient (Wildman–Crippen LogP) is 3.15. The molecule has 1 amide bonds. The highest BCUT2D eigenvalue weighted by molar-refractivity contribution is 9.10. The molecule has 1 fully saturated rings. The van der Waals surface area contributed by atoms with Gasteiger partial charge in [0.2, 0.25) is 5.91 Å². The second kappa shape index (κ2) is 3.73. The molecule has 1 aromatic carbocycles. The second-order valence-corrected chi connectivity index (χ2v) is 5.66. The lowest BCUT2D eigenvalue weighted by Gasteiger charge is -2.52. The van der Waals surface area contributed by atoms with Crippen LogP contribution in [0.3, 0.4) is 0 Å². The molecular weight excluding hydrogens is 280 g/mol. The van der Waals surface area contributed by atoms with Crippen molar-refractivity contribution in [2.24, 2.45) is 0 Å². The molecule has 3 rings (SSSR count). The molecule has 1 spiro atoms. The molecule has 2 aliphatic rings. The van der Waals surface area contributed by atoms with E-state index in [4.69, 9.17) is 0 Å². The van der Waals surface area contributed by atoms with E-state index in [1.165, 1.54) is 0 Å². The van der Waals surface area contributed by atoms with Crippen LogP contribution in [0.1, 0.15) is 26.2 Å². The summed E-state index contributed by atoms with van der Waals surface area (Å²) in [6.07, 6.45) is 3.10. The van der Waals surface area contributed by atoms with Crippen LogP contribution in [0.2, 0.25) is 0 Å². The monoisotopic (exact) mass is 294 g/mol. The third-order valence-corrected chi connectivity index (χ3v) is 4.43. The zero-order valence-corrected chi connectivity index (χ0v) is 11.4. The summed E-state index contributed by atoms with van der Waals surface area (Å²) in [6, 6.07) is 6.09. The summed E-state index contributed by atoms with van der Waals surface area (Å²) in [5.74, 6) is 0.163. The number of carbonyl (C=O) groups is 1. The number of benzene rings is 1. The molecule has 1 heterocycles. The van der Waals surface area contributed by atoms with E-state index in [0.29, 0.717) is 0 Å². The molecule has 3 nitrogen and oxygen atoms in total. The van der Waals surface area contributed by atoms with Gasteiger partial charge in [-0.05, 0) is 44.4 Å².